The molecule has 2 aromatic carbocycles. The summed E-state index contributed by atoms with van der Waals surface area (Å²) in [5.74, 6) is -0.00150. The Balaban J connectivity index is 1.74. The lowest BCUT2D eigenvalue weighted by Crippen LogP contribution is -2.06. The molecule has 0 saturated heterocycles. The van der Waals surface area contributed by atoms with Gasteiger partial charge < -0.3 is 5.32 Å². The number of nitrogens with zero attached hydrogens (tertiary/aromatic N) is 2. The van der Waals surface area contributed by atoms with Gasteiger partial charge in [-0.1, -0.05) is 12.1 Å². The van der Waals surface area contributed by atoms with E-state index < -0.39 is 4.92 Å². The number of hydrogen-bond donors (Lipinski definition) is 1. The Morgan fingerprint density at radius 2 is 2.00 bits per heavy atom. The van der Waals surface area contributed by atoms with Crippen molar-refractivity contribution in [1.82, 2.24) is 0 Å². The van der Waals surface area contributed by atoms with Crippen LogP contribution in [0.3, 0.4) is 0 Å². The summed E-state index contributed by atoms with van der Waals surface area (Å²) in [6.45, 7) is 0. The van der Waals surface area contributed by atoms with Crippen LogP contribution in [0.5, 0.6) is 0 Å². The van der Waals surface area contributed by atoms with Gasteiger partial charge in [-0.3, -0.25) is 10.1 Å². The minimum absolute atomic E-state index is 0.104. The summed E-state index contributed by atoms with van der Waals surface area (Å²) in [4.78, 5) is 10.2. The van der Waals surface area contributed by atoms with Crippen LogP contribution in [0.4, 0.5) is 15.8 Å². The molecule has 1 N–H and O–H groups in total. The van der Waals surface area contributed by atoms with E-state index in [1.165, 1.54) is 24.3 Å². The summed E-state index contributed by atoms with van der Waals surface area (Å²) < 4.78 is 12.9. The molecule has 0 amide bonds. The van der Waals surface area contributed by atoms with Crippen LogP contribution in [0.2, 0.25) is 0 Å². The molecule has 2 atom stereocenters. The number of hydrogen-bond acceptors (Lipinski definition) is 4. The molecule has 0 aliphatic heterocycles. The summed E-state index contributed by atoms with van der Waals surface area (Å²) in [5, 5.41) is 23.1. The zero-order valence-electron chi connectivity index (χ0n) is 11.5. The second kappa shape index (κ2) is 5.45. The smallest absolute Gasteiger partial charge is 0.270 e. The van der Waals surface area contributed by atoms with Crippen molar-refractivity contribution in [1.29, 1.82) is 5.26 Å². The fourth-order valence-corrected chi connectivity index (χ4v) is 2.50. The first kappa shape index (κ1) is 14.0. The molecule has 22 heavy (non-hydrogen) atoms. The number of nitro groups is 1. The van der Waals surface area contributed by atoms with Crippen LogP contribution in [0.1, 0.15) is 23.5 Å². The number of halogens is 1. The number of benzene rings is 2. The standard InChI is InChI=1S/C16H12FN3O2/c17-12-3-1-10(2-4-12)14-8-16(14)19-15-6-5-13(20(21)22)7-11(15)9-18/h1-7,14,16,19H,8H2/t14-,16+/m0/s1. The lowest BCUT2D eigenvalue weighted by atomic mass is 10.1. The van der Waals surface area contributed by atoms with Gasteiger partial charge in [-0.15, -0.1) is 0 Å². The molecule has 0 radical (unpaired) electrons. The Morgan fingerprint density at radius 3 is 2.64 bits per heavy atom. The molecular formula is C16H12FN3O2. The van der Waals surface area contributed by atoms with Gasteiger partial charge in [0, 0.05) is 24.1 Å². The third-order valence-corrected chi connectivity index (χ3v) is 3.76. The molecule has 1 aliphatic rings. The average molecular weight is 297 g/mol. The first-order valence-corrected chi connectivity index (χ1v) is 6.79. The number of non-ortho nitro benzene ring substituents is 1. The summed E-state index contributed by atoms with van der Waals surface area (Å²) in [6.07, 6.45) is 0.882. The third-order valence-electron chi connectivity index (χ3n) is 3.76. The van der Waals surface area contributed by atoms with E-state index >= 15 is 0 Å². The third kappa shape index (κ3) is 2.74. The maximum Gasteiger partial charge on any atom is 0.270 e. The van der Waals surface area contributed by atoms with Gasteiger partial charge in [0.2, 0.25) is 0 Å². The van der Waals surface area contributed by atoms with Crippen LogP contribution in [0.25, 0.3) is 0 Å². The van der Waals surface area contributed by atoms with E-state index in [0.717, 1.165) is 12.0 Å². The van der Waals surface area contributed by atoms with Crippen molar-refractivity contribution < 1.29 is 9.31 Å². The van der Waals surface area contributed by atoms with E-state index in [0.29, 0.717) is 5.69 Å². The average Bonchev–Trinajstić information content (AvgIpc) is 3.27. The normalized spacial score (nSPS) is 19.3. The fraction of sp³-hybridized carbons (Fsp3) is 0.188. The van der Waals surface area contributed by atoms with Crippen molar-refractivity contribution in [3.63, 3.8) is 0 Å². The fourth-order valence-electron chi connectivity index (χ4n) is 2.50. The minimum Gasteiger partial charge on any atom is -0.381 e. The summed E-state index contributed by atoms with van der Waals surface area (Å²) in [6, 6.07) is 12.7. The highest BCUT2D eigenvalue weighted by Crippen LogP contribution is 2.43. The van der Waals surface area contributed by atoms with Gasteiger partial charge in [0.1, 0.15) is 11.9 Å². The minimum atomic E-state index is -0.525. The van der Waals surface area contributed by atoms with E-state index in [-0.39, 0.29) is 29.0 Å². The van der Waals surface area contributed by atoms with Crippen LogP contribution in [0.15, 0.2) is 42.5 Å². The zero-order chi connectivity index (χ0) is 15.7. The maximum absolute atomic E-state index is 12.9. The number of rotatable bonds is 4. The molecule has 0 unspecified atom stereocenters. The van der Waals surface area contributed by atoms with E-state index in [1.54, 1.807) is 18.2 Å². The van der Waals surface area contributed by atoms with Gasteiger partial charge in [-0.2, -0.15) is 5.26 Å². The van der Waals surface area contributed by atoms with Gasteiger partial charge in [0.25, 0.3) is 5.69 Å². The molecule has 1 saturated carbocycles. The summed E-state index contributed by atoms with van der Waals surface area (Å²) in [7, 11) is 0. The quantitative estimate of drug-likeness (QED) is 0.691. The number of nitro benzene ring substituents is 1. The molecule has 1 aliphatic carbocycles. The van der Waals surface area contributed by atoms with Crippen LogP contribution in [-0.4, -0.2) is 11.0 Å². The summed E-state index contributed by atoms with van der Waals surface area (Å²) in [5.41, 5.74) is 1.77. The predicted octanol–water partition coefficient (Wildman–Crippen LogP) is 3.57. The highest BCUT2D eigenvalue weighted by molar-refractivity contribution is 5.62. The van der Waals surface area contributed by atoms with E-state index in [2.05, 4.69) is 5.32 Å². The van der Waals surface area contributed by atoms with Crippen molar-refractivity contribution in [2.75, 3.05) is 5.32 Å². The second-order valence-electron chi connectivity index (χ2n) is 5.24. The molecule has 110 valence electrons. The van der Waals surface area contributed by atoms with Crippen LogP contribution < -0.4 is 5.32 Å². The lowest BCUT2D eigenvalue weighted by Gasteiger charge is -2.08. The van der Waals surface area contributed by atoms with Crippen molar-refractivity contribution in [2.45, 2.75) is 18.4 Å². The highest BCUT2D eigenvalue weighted by Gasteiger charge is 2.38. The monoisotopic (exact) mass is 297 g/mol. The van der Waals surface area contributed by atoms with Crippen molar-refractivity contribution in [2.24, 2.45) is 0 Å². The van der Waals surface area contributed by atoms with Gasteiger partial charge in [0.15, 0.2) is 0 Å². The first-order chi connectivity index (χ1) is 10.6. The Labute approximate surface area is 126 Å². The molecule has 0 spiro atoms. The molecular weight excluding hydrogens is 285 g/mol. The van der Waals surface area contributed by atoms with E-state index in [4.69, 9.17) is 5.26 Å². The predicted molar refractivity (Wildman–Crippen MR) is 79.0 cm³/mol. The highest BCUT2D eigenvalue weighted by atomic mass is 19.1. The van der Waals surface area contributed by atoms with Gasteiger partial charge in [-0.25, -0.2) is 4.39 Å². The van der Waals surface area contributed by atoms with E-state index in [1.807, 2.05) is 6.07 Å². The number of nitriles is 1. The first-order valence-electron chi connectivity index (χ1n) is 6.79. The van der Waals surface area contributed by atoms with Gasteiger partial charge in [0.05, 0.1) is 16.2 Å². The Bertz CT molecular complexity index is 768. The van der Waals surface area contributed by atoms with Crippen molar-refractivity contribution in [3.05, 3.63) is 69.5 Å². The molecule has 1 fully saturated rings. The summed E-state index contributed by atoms with van der Waals surface area (Å²) >= 11 is 0. The number of anilines is 1. The van der Waals surface area contributed by atoms with Crippen LogP contribution in [0, 0.1) is 27.3 Å². The molecule has 3 rings (SSSR count). The number of nitrogens with one attached hydrogen (secondary N) is 1. The van der Waals surface area contributed by atoms with Crippen molar-refractivity contribution in [3.8, 4) is 6.07 Å². The SMILES string of the molecule is N#Cc1cc([N+](=O)[O-])ccc1N[C@@H]1C[C@H]1c1ccc(F)cc1. The molecule has 0 aromatic heterocycles. The molecule has 6 heteroatoms. The van der Waals surface area contributed by atoms with Gasteiger partial charge >= 0.3 is 0 Å². The maximum atomic E-state index is 12.9. The van der Waals surface area contributed by atoms with Crippen LogP contribution in [-0.2, 0) is 0 Å². The topological polar surface area (TPSA) is 79.0 Å². The van der Waals surface area contributed by atoms with Crippen molar-refractivity contribution >= 4 is 11.4 Å². The molecule has 0 bridgehead atoms. The Kier molecular flexibility index (Phi) is 3.47. The largest absolute Gasteiger partial charge is 0.381 e. The molecule has 2 aromatic rings. The molecule has 0 heterocycles. The van der Waals surface area contributed by atoms with E-state index in [9.17, 15) is 14.5 Å². The van der Waals surface area contributed by atoms with Crippen LogP contribution >= 0.6 is 0 Å². The Hall–Kier alpha value is -2.94. The zero-order valence-corrected chi connectivity index (χ0v) is 11.5. The molecule has 5 nitrogen and oxygen atoms in total. The lowest BCUT2D eigenvalue weighted by molar-refractivity contribution is -0.384. The Morgan fingerprint density at radius 1 is 1.27 bits per heavy atom. The van der Waals surface area contributed by atoms with Gasteiger partial charge in [-0.05, 0) is 30.2 Å². The second-order valence-corrected chi connectivity index (χ2v) is 5.24.